The first kappa shape index (κ1) is 70.6. The van der Waals surface area contributed by atoms with Crippen LogP contribution in [0.5, 0.6) is 0 Å². The van der Waals surface area contributed by atoms with Gasteiger partial charge in [-0.1, -0.05) is 295 Å². The average molecular weight is 1030 g/mol. The van der Waals surface area contributed by atoms with Crippen LogP contribution in [-0.4, -0.2) is 37.2 Å². The van der Waals surface area contributed by atoms with E-state index in [0.717, 1.165) is 64.2 Å². The quantitative estimate of drug-likeness (QED) is 0.0261. The lowest BCUT2D eigenvalue weighted by molar-refractivity contribution is -0.167. The van der Waals surface area contributed by atoms with Crippen LogP contribution in [0, 0.1) is 0 Å². The van der Waals surface area contributed by atoms with Crippen LogP contribution in [0.25, 0.3) is 0 Å². The SMILES string of the molecule is CCCCC/C=C\C/C=C\CCCCCCCCCCCC(=O)OC[C@@H](COC(=O)CCCCCCCCC/C=C\CCCCCCCC)OC(=O)CCCCCCCCCCCCCCCCCCCCC. The van der Waals surface area contributed by atoms with Gasteiger partial charge in [0.15, 0.2) is 6.10 Å². The maximum Gasteiger partial charge on any atom is 0.306 e. The summed E-state index contributed by atoms with van der Waals surface area (Å²) in [7, 11) is 0. The Morgan fingerprint density at radius 3 is 0.795 bits per heavy atom. The molecule has 0 fully saturated rings. The lowest BCUT2D eigenvalue weighted by Crippen LogP contribution is -2.30. The molecule has 0 saturated heterocycles. The molecule has 0 aliphatic rings. The summed E-state index contributed by atoms with van der Waals surface area (Å²) in [6, 6.07) is 0. The highest BCUT2D eigenvalue weighted by atomic mass is 16.6. The van der Waals surface area contributed by atoms with Crippen molar-refractivity contribution in [2.45, 2.75) is 361 Å². The van der Waals surface area contributed by atoms with Gasteiger partial charge in [-0.25, -0.2) is 0 Å². The van der Waals surface area contributed by atoms with E-state index in [1.54, 1.807) is 0 Å². The second-order valence-corrected chi connectivity index (χ2v) is 22.0. The van der Waals surface area contributed by atoms with Crippen molar-refractivity contribution < 1.29 is 28.6 Å². The summed E-state index contributed by atoms with van der Waals surface area (Å²) in [4.78, 5) is 38.3. The number of allylic oxidation sites excluding steroid dienone is 6. The molecule has 0 unspecified atom stereocenters. The molecule has 0 rings (SSSR count). The van der Waals surface area contributed by atoms with Crippen LogP contribution in [0.15, 0.2) is 36.5 Å². The van der Waals surface area contributed by atoms with E-state index in [4.69, 9.17) is 14.2 Å². The predicted octanol–water partition coefficient (Wildman–Crippen LogP) is 22.0. The molecule has 0 aromatic heterocycles. The standard InChI is InChI=1S/C67H124O6/c1-4-7-10-13-16-19-22-25-28-31-33-36-39-42-45-48-51-54-57-60-66(69)72-63-64(62-71-65(68)59-56-53-50-47-44-41-38-35-30-27-24-21-18-15-12-9-6-3)73-67(70)61-58-55-52-49-46-43-40-37-34-32-29-26-23-20-17-14-11-8-5-2/h16,19,25,27-28,30,64H,4-15,17-18,20-24,26,29,31-63H2,1-3H3/b19-16-,28-25-,30-27-/t64-/m1/s1. The monoisotopic (exact) mass is 1020 g/mol. The van der Waals surface area contributed by atoms with E-state index in [1.807, 2.05) is 0 Å². The van der Waals surface area contributed by atoms with Crippen LogP contribution < -0.4 is 0 Å². The Morgan fingerprint density at radius 2 is 0.493 bits per heavy atom. The van der Waals surface area contributed by atoms with Crippen LogP contribution in [0.4, 0.5) is 0 Å². The lowest BCUT2D eigenvalue weighted by Gasteiger charge is -2.18. The van der Waals surface area contributed by atoms with Crippen LogP contribution >= 0.6 is 0 Å². The zero-order chi connectivity index (χ0) is 52.9. The first-order chi connectivity index (χ1) is 36.0. The van der Waals surface area contributed by atoms with E-state index in [2.05, 4.69) is 57.2 Å². The summed E-state index contributed by atoms with van der Waals surface area (Å²) in [6.07, 6.45) is 75.7. The van der Waals surface area contributed by atoms with Crippen LogP contribution in [0.2, 0.25) is 0 Å². The number of hydrogen-bond donors (Lipinski definition) is 0. The van der Waals surface area contributed by atoms with Gasteiger partial charge in [-0.05, 0) is 77.0 Å². The molecule has 0 aliphatic carbocycles. The molecule has 0 amide bonds. The minimum atomic E-state index is -0.774. The molecule has 0 heterocycles. The van der Waals surface area contributed by atoms with E-state index in [1.165, 1.54) is 250 Å². The Bertz CT molecular complexity index is 1220. The smallest absolute Gasteiger partial charge is 0.306 e. The molecule has 0 spiro atoms. The number of carbonyl (C=O) groups excluding carboxylic acids is 3. The molecule has 0 aromatic rings. The molecular formula is C67H124O6. The first-order valence-corrected chi connectivity index (χ1v) is 32.5. The Kier molecular flexibility index (Phi) is 60.2. The highest BCUT2D eigenvalue weighted by Gasteiger charge is 2.19. The van der Waals surface area contributed by atoms with Gasteiger partial charge in [-0.15, -0.1) is 0 Å². The van der Waals surface area contributed by atoms with Crippen molar-refractivity contribution in [3.8, 4) is 0 Å². The molecule has 0 aromatic carbocycles. The van der Waals surface area contributed by atoms with Gasteiger partial charge in [0.2, 0.25) is 0 Å². The summed E-state index contributed by atoms with van der Waals surface area (Å²) in [5.41, 5.74) is 0. The van der Waals surface area contributed by atoms with Crippen LogP contribution in [0.1, 0.15) is 355 Å². The highest BCUT2D eigenvalue weighted by molar-refractivity contribution is 5.71. The van der Waals surface area contributed by atoms with Gasteiger partial charge in [-0.3, -0.25) is 14.4 Å². The lowest BCUT2D eigenvalue weighted by atomic mass is 10.0. The Morgan fingerprint density at radius 1 is 0.274 bits per heavy atom. The Hall–Kier alpha value is -2.37. The summed E-state index contributed by atoms with van der Waals surface area (Å²) in [5, 5.41) is 0. The van der Waals surface area contributed by atoms with Gasteiger partial charge in [-0.2, -0.15) is 0 Å². The van der Waals surface area contributed by atoms with Gasteiger partial charge >= 0.3 is 17.9 Å². The topological polar surface area (TPSA) is 78.9 Å². The van der Waals surface area contributed by atoms with Crippen molar-refractivity contribution in [2.75, 3.05) is 13.2 Å². The molecule has 0 radical (unpaired) electrons. The van der Waals surface area contributed by atoms with Gasteiger partial charge in [0.05, 0.1) is 0 Å². The Labute approximate surface area is 455 Å². The third kappa shape index (κ3) is 60.4. The fourth-order valence-corrected chi connectivity index (χ4v) is 9.71. The maximum absolute atomic E-state index is 12.9. The van der Waals surface area contributed by atoms with E-state index in [-0.39, 0.29) is 31.1 Å². The van der Waals surface area contributed by atoms with E-state index in [9.17, 15) is 14.4 Å². The molecule has 0 N–H and O–H groups in total. The molecule has 0 bridgehead atoms. The minimum absolute atomic E-state index is 0.0714. The van der Waals surface area contributed by atoms with Crippen molar-refractivity contribution in [3.63, 3.8) is 0 Å². The molecule has 73 heavy (non-hydrogen) atoms. The van der Waals surface area contributed by atoms with Crippen molar-refractivity contribution in [1.82, 2.24) is 0 Å². The second-order valence-electron chi connectivity index (χ2n) is 22.0. The molecular weight excluding hydrogens is 901 g/mol. The Balaban J connectivity index is 4.34. The maximum atomic E-state index is 12.9. The third-order valence-electron chi connectivity index (χ3n) is 14.6. The third-order valence-corrected chi connectivity index (χ3v) is 14.6. The number of esters is 3. The van der Waals surface area contributed by atoms with Gasteiger partial charge in [0, 0.05) is 19.3 Å². The van der Waals surface area contributed by atoms with Crippen molar-refractivity contribution in [2.24, 2.45) is 0 Å². The zero-order valence-corrected chi connectivity index (χ0v) is 49.2. The summed E-state index contributed by atoms with van der Waals surface area (Å²) in [6.45, 7) is 6.67. The van der Waals surface area contributed by atoms with Crippen molar-refractivity contribution >= 4 is 17.9 Å². The fourth-order valence-electron chi connectivity index (χ4n) is 9.71. The first-order valence-electron chi connectivity index (χ1n) is 32.5. The fraction of sp³-hybridized carbons (Fsp3) is 0.866. The highest BCUT2D eigenvalue weighted by Crippen LogP contribution is 2.17. The van der Waals surface area contributed by atoms with E-state index < -0.39 is 6.10 Å². The number of hydrogen-bond acceptors (Lipinski definition) is 6. The van der Waals surface area contributed by atoms with Gasteiger partial charge in [0.25, 0.3) is 0 Å². The number of unbranched alkanes of at least 4 members (excludes halogenated alkanes) is 43. The van der Waals surface area contributed by atoms with Crippen LogP contribution in [-0.2, 0) is 28.6 Å². The summed E-state index contributed by atoms with van der Waals surface area (Å²) >= 11 is 0. The summed E-state index contributed by atoms with van der Waals surface area (Å²) < 4.78 is 17.0. The molecule has 0 saturated carbocycles. The largest absolute Gasteiger partial charge is 0.462 e. The predicted molar refractivity (Wildman–Crippen MR) is 316 cm³/mol. The zero-order valence-electron chi connectivity index (χ0n) is 49.2. The van der Waals surface area contributed by atoms with Crippen molar-refractivity contribution in [1.29, 1.82) is 0 Å². The van der Waals surface area contributed by atoms with E-state index in [0.29, 0.717) is 19.3 Å². The van der Waals surface area contributed by atoms with Gasteiger partial charge in [0.1, 0.15) is 13.2 Å². The summed E-state index contributed by atoms with van der Waals surface area (Å²) in [5.74, 6) is -0.854. The molecule has 1 atom stereocenters. The minimum Gasteiger partial charge on any atom is -0.462 e. The van der Waals surface area contributed by atoms with Crippen molar-refractivity contribution in [3.05, 3.63) is 36.5 Å². The second kappa shape index (κ2) is 62.2. The van der Waals surface area contributed by atoms with E-state index >= 15 is 0 Å². The van der Waals surface area contributed by atoms with Gasteiger partial charge < -0.3 is 14.2 Å². The number of carbonyl (C=O) groups is 3. The number of rotatable bonds is 60. The number of ether oxygens (including phenoxy) is 3. The molecule has 428 valence electrons. The normalized spacial score (nSPS) is 12.2. The average Bonchev–Trinajstić information content (AvgIpc) is 3.39. The van der Waals surface area contributed by atoms with Crippen LogP contribution in [0.3, 0.4) is 0 Å². The molecule has 6 heteroatoms. The molecule has 0 aliphatic heterocycles. The molecule has 6 nitrogen and oxygen atoms in total.